The Morgan fingerprint density at radius 1 is 0.833 bits per heavy atom. The largest absolute Gasteiger partial charge is 0.296 e. The second-order valence-corrected chi connectivity index (χ2v) is 8.35. The Morgan fingerprint density at radius 2 is 1.60 bits per heavy atom. The number of benzene rings is 3. The van der Waals surface area contributed by atoms with Crippen molar-refractivity contribution >= 4 is 75.9 Å². The number of aromatic nitrogens is 2. The Balaban J connectivity index is 1.89. The molecule has 0 aliphatic heterocycles. The van der Waals surface area contributed by atoms with Gasteiger partial charge in [-0.3, -0.25) is 0 Å². The van der Waals surface area contributed by atoms with Gasteiger partial charge in [-0.1, -0.05) is 18.2 Å². The maximum Gasteiger partial charge on any atom is 0.296 e. The molecule has 8 heteroatoms. The molecule has 2 heterocycles. The SMILES string of the molecule is [C-]#[N+]/C(C#N)=c1\nc2cc3ccc4c(ccc5nc(=C(C#N)C#N)sc54)c3cc2s1. The molecule has 2 aromatic heterocycles. The normalized spacial score (nSPS) is 11.7. The molecule has 0 N–H and O–H groups in total. The molecule has 0 amide bonds. The van der Waals surface area contributed by atoms with Crippen LogP contribution in [0, 0.1) is 40.6 Å². The van der Waals surface area contributed by atoms with Crippen LogP contribution in [0.3, 0.4) is 0 Å². The first-order chi connectivity index (χ1) is 14.7. The minimum Gasteiger partial charge on any atom is -0.248 e. The molecule has 0 saturated heterocycles. The molecule has 136 valence electrons. The van der Waals surface area contributed by atoms with Crippen LogP contribution in [0.4, 0.5) is 0 Å². The Hall–Kier alpha value is -4.34. The highest BCUT2D eigenvalue weighted by Gasteiger charge is 2.11. The summed E-state index contributed by atoms with van der Waals surface area (Å²) >= 11 is 2.66. The maximum absolute atomic E-state index is 9.15. The van der Waals surface area contributed by atoms with Gasteiger partial charge in [-0.15, -0.1) is 22.7 Å². The highest BCUT2D eigenvalue weighted by atomic mass is 32.1. The third-order valence-corrected chi connectivity index (χ3v) is 6.88. The Bertz CT molecular complexity index is 1810. The number of hydrogen-bond donors (Lipinski definition) is 0. The molecule has 0 saturated carbocycles. The van der Waals surface area contributed by atoms with Crippen molar-refractivity contribution in [2.24, 2.45) is 0 Å². The van der Waals surface area contributed by atoms with Gasteiger partial charge in [0.2, 0.25) is 0 Å². The van der Waals surface area contributed by atoms with Crippen LogP contribution < -0.4 is 9.33 Å². The average Bonchev–Trinajstić information content (AvgIpc) is 3.37. The van der Waals surface area contributed by atoms with Crippen LogP contribution in [-0.2, 0) is 0 Å². The number of hydrogen-bond acceptors (Lipinski definition) is 7. The lowest BCUT2D eigenvalue weighted by molar-refractivity contribution is 1.40. The molecule has 3 aromatic carbocycles. The van der Waals surface area contributed by atoms with Crippen molar-refractivity contribution in [2.75, 3.05) is 0 Å². The number of nitrogens with zero attached hydrogens (tertiary/aromatic N) is 6. The van der Waals surface area contributed by atoms with Gasteiger partial charge in [0, 0.05) is 5.39 Å². The van der Waals surface area contributed by atoms with Crippen LogP contribution in [0.5, 0.6) is 0 Å². The summed E-state index contributed by atoms with van der Waals surface area (Å²) in [5, 5.41) is 31.5. The molecule has 0 aliphatic carbocycles. The van der Waals surface area contributed by atoms with Crippen LogP contribution in [0.1, 0.15) is 0 Å². The van der Waals surface area contributed by atoms with Gasteiger partial charge >= 0.3 is 0 Å². The molecular weight excluding hydrogens is 412 g/mol. The van der Waals surface area contributed by atoms with E-state index in [0.29, 0.717) is 9.33 Å². The van der Waals surface area contributed by atoms with Gasteiger partial charge in [0.1, 0.15) is 21.5 Å². The third kappa shape index (κ3) is 2.50. The Kier molecular flexibility index (Phi) is 3.91. The fourth-order valence-electron chi connectivity index (χ4n) is 3.40. The first kappa shape index (κ1) is 17.7. The predicted molar refractivity (Wildman–Crippen MR) is 117 cm³/mol. The van der Waals surface area contributed by atoms with Gasteiger partial charge in [0.15, 0.2) is 5.57 Å². The van der Waals surface area contributed by atoms with E-state index in [4.69, 9.17) is 22.4 Å². The maximum atomic E-state index is 9.15. The lowest BCUT2D eigenvalue weighted by atomic mass is 10.0. The van der Waals surface area contributed by atoms with E-state index in [1.54, 1.807) is 0 Å². The van der Waals surface area contributed by atoms with Crippen molar-refractivity contribution in [3.05, 3.63) is 57.1 Å². The third-order valence-electron chi connectivity index (χ3n) is 4.73. The van der Waals surface area contributed by atoms with Gasteiger partial charge in [-0.25, -0.2) is 20.1 Å². The summed E-state index contributed by atoms with van der Waals surface area (Å²) < 4.78 is 2.67. The van der Waals surface area contributed by atoms with Crippen molar-refractivity contribution in [3.8, 4) is 18.2 Å². The molecule has 5 aromatic rings. The van der Waals surface area contributed by atoms with E-state index < -0.39 is 0 Å². The zero-order chi connectivity index (χ0) is 20.8. The van der Waals surface area contributed by atoms with Crippen LogP contribution >= 0.6 is 22.7 Å². The molecule has 5 rings (SSSR count). The summed E-state index contributed by atoms with van der Waals surface area (Å²) in [4.78, 5) is 12.1. The fourth-order valence-corrected chi connectivity index (χ4v) is 5.36. The molecule has 0 bridgehead atoms. The molecule has 0 atom stereocenters. The minimum absolute atomic E-state index is 0.00777. The van der Waals surface area contributed by atoms with Crippen LogP contribution in [0.2, 0.25) is 0 Å². The summed E-state index contributed by atoms with van der Waals surface area (Å²) in [7, 11) is 0. The van der Waals surface area contributed by atoms with Crippen molar-refractivity contribution in [2.45, 2.75) is 0 Å². The van der Waals surface area contributed by atoms with Crippen LogP contribution in [0.25, 0.3) is 58.1 Å². The van der Waals surface area contributed by atoms with E-state index in [0.717, 1.165) is 42.0 Å². The molecule has 0 unspecified atom stereocenters. The van der Waals surface area contributed by atoms with Crippen LogP contribution in [-0.4, -0.2) is 9.97 Å². The Morgan fingerprint density at radius 3 is 2.33 bits per heavy atom. The number of thiazole rings is 2. The highest BCUT2D eigenvalue weighted by molar-refractivity contribution is 7.18. The standard InChI is InChI=1S/C22H6N6S2/c1-26-18(10-25)22-28-17-6-11-2-3-14-13(15(11)7-19(17)29-22)4-5-16-20(14)30-21(27-16)12(8-23)9-24/h2-7H/b22-18+. The predicted octanol–water partition coefficient (Wildman–Crippen LogP) is 3.96. The monoisotopic (exact) mass is 418 g/mol. The van der Waals surface area contributed by atoms with E-state index in [2.05, 4.69) is 14.8 Å². The van der Waals surface area contributed by atoms with Crippen LogP contribution in [0.15, 0.2) is 36.4 Å². The van der Waals surface area contributed by atoms with Crippen molar-refractivity contribution < 1.29 is 0 Å². The molecular formula is C22H6N6S2. The average molecular weight is 418 g/mol. The van der Waals surface area contributed by atoms with Gasteiger partial charge in [0.25, 0.3) is 5.70 Å². The van der Waals surface area contributed by atoms with E-state index in [-0.39, 0.29) is 11.3 Å². The number of nitriles is 3. The minimum atomic E-state index is -0.00829. The van der Waals surface area contributed by atoms with Crippen molar-refractivity contribution in [1.82, 2.24) is 9.97 Å². The van der Waals surface area contributed by atoms with Gasteiger partial charge in [-0.2, -0.15) is 10.5 Å². The second kappa shape index (κ2) is 6.62. The van der Waals surface area contributed by atoms with E-state index in [9.17, 15) is 0 Å². The molecule has 30 heavy (non-hydrogen) atoms. The molecule has 6 nitrogen and oxygen atoms in total. The number of rotatable bonds is 0. The van der Waals surface area contributed by atoms with Gasteiger partial charge < -0.3 is 0 Å². The lowest BCUT2D eigenvalue weighted by Gasteiger charge is -2.04. The number of fused-ring (bicyclic) bond motifs is 6. The van der Waals surface area contributed by atoms with E-state index in [1.807, 2.05) is 54.6 Å². The summed E-state index contributed by atoms with van der Waals surface area (Å²) in [6.07, 6.45) is 0. The van der Waals surface area contributed by atoms with E-state index >= 15 is 0 Å². The summed E-state index contributed by atoms with van der Waals surface area (Å²) in [6, 6.07) is 17.6. The topological polar surface area (TPSA) is 102 Å². The molecule has 0 fully saturated rings. The summed E-state index contributed by atoms with van der Waals surface area (Å²) in [6.45, 7) is 7.15. The second-order valence-electron chi connectivity index (χ2n) is 6.32. The summed E-state index contributed by atoms with van der Waals surface area (Å²) in [5.74, 6) is 0. The van der Waals surface area contributed by atoms with Crippen molar-refractivity contribution in [1.29, 1.82) is 15.8 Å². The smallest absolute Gasteiger partial charge is 0.248 e. The van der Waals surface area contributed by atoms with E-state index in [1.165, 1.54) is 22.7 Å². The quantitative estimate of drug-likeness (QED) is 0.280. The molecule has 0 radical (unpaired) electrons. The molecule has 0 spiro atoms. The lowest BCUT2D eigenvalue weighted by Crippen LogP contribution is -2.00. The fraction of sp³-hybridized carbons (Fsp3) is 0. The zero-order valence-electron chi connectivity index (χ0n) is 15.0. The van der Waals surface area contributed by atoms with Crippen molar-refractivity contribution in [3.63, 3.8) is 0 Å². The van der Waals surface area contributed by atoms with Gasteiger partial charge in [0.05, 0.1) is 33.1 Å². The molecule has 0 aliphatic rings. The zero-order valence-corrected chi connectivity index (χ0v) is 16.6. The summed E-state index contributed by atoms with van der Waals surface area (Å²) in [5.41, 5.74) is 1.50. The van der Waals surface area contributed by atoms with Gasteiger partial charge in [-0.05, 0) is 34.4 Å². The first-order valence-electron chi connectivity index (χ1n) is 8.56. The highest BCUT2D eigenvalue weighted by Crippen LogP contribution is 2.34. The Labute approximate surface area is 176 Å². The first-order valence-corrected chi connectivity index (χ1v) is 10.2.